The molecule has 364 valence electrons. The highest BCUT2D eigenvalue weighted by Gasteiger charge is 2.31. The molecule has 0 aromatic heterocycles. The van der Waals surface area contributed by atoms with E-state index in [1.54, 1.807) is 0 Å². The van der Waals surface area contributed by atoms with Crippen molar-refractivity contribution in [2.24, 2.45) is 0 Å². The van der Waals surface area contributed by atoms with Gasteiger partial charge in [-0.15, -0.1) is 0 Å². The number of hydrogen-bond donors (Lipinski definition) is 0. The Bertz CT molecular complexity index is 2710. The van der Waals surface area contributed by atoms with Gasteiger partial charge in [0.2, 0.25) is 0 Å². The maximum atomic E-state index is 12.7. The molecule has 0 unspecified atom stereocenters. The van der Waals surface area contributed by atoms with Crippen molar-refractivity contribution in [2.75, 3.05) is 0 Å². The predicted octanol–water partition coefficient (Wildman–Crippen LogP) is 11.8. The molecule has 0 saturated heterocycles. The minimum atomic E-state index is -0.545. The monoisotopic (exact) mass is 1020 g/mol. The van der Waals surface area contributed by atoms with Gasteiger partial charge in [-0.3, -0.25) is 67.1 Å². The maximum absolute atomic E-state index is 12.7. The average Bonchev–Trinajstić information content (AvgIpc) is 3.24. The molecular weight excluding hydrogens is 977 g/mol. The van der Waals surface area contributed by atoms with Crippen molar-refractivity contribution in [3.8, 4) is 0 Å². The van der Waals surface area contributed by atoms with Gasteiger partial charge in [0.05, 0.1) is 0 Å². The Balaban J connectivity index is 0.000000376. The highest BCUT2D eigenvalue weighted by Crippen LogP contribution is 2.48. The van der Waals surface area contributed by atoms with E-state index in [9.17, 15) is 67.1 Å². The summed E-state index contributed by atoms with van der Waals surface area (Å²) in [6.45, 7) is 17.7. The molecule has 0 bridgehead atoms. The molecular formula is C52H48O14S4. The van der Waals surface area contributed by atoms with E-state index in [-0.39, 0.29) is 122 Å². The highest BCUT2D eigenvalue weighted by atomic mass is 33.1. The lowest BCUT2D eigenvalue weighted by Gasteiger charge is -2.20. The van der Waals surface area contributed by atoms with E-state index in [2.05, 4.69) is 0 Å². The molecule has 18 heteroatoms. The van der Waals surface area contributed by atoms with Gasteiger partial charge in [-0.25, -0.2) is 0 Å². The van der Waals surface area contributed by atoms with Gasteiger partial charge in [0.15, 0.2) is 81.0 Å². The summed E-state index contributed by atoms with van der Waals surface area (Å²) in [7, 11) is 3.70. The van der Waals surface area contributed by atoms with Gasteiger partial charge in [-0.05, 0) is 133 Å². The summed E-state index contributed by atoms with van der Waals surface area (Å²) in [5, 5.41) is 0. The van der Waals surface area contributed by atoms with Crippen LogP contribution in [-0.2, 0) is 0 Å². The van der Waals surface area contributed by atoms with Crippen LogP contribution in [0.4, 0.5) is 0 Å². The van der Waals surface area contributed by atoms with E-state index in [1.165, 1.54) is 133 Å². The van der Waals surface area contributed by atoms with E-state index >= 15 is 0 Å². The molecule has 0 aliphatic heterocycles. The Morgan fingerprint density at radius 2 is 0.386 bits per heavy atom. The third kappa shape index (κ3) is 13.1. The maximum Gasteiger partial charge on any atom is 0.161 e. The van der Waals surface area contributed by atoms with Crippen LogP contribution in [-0.4, -0.2) is 81.0 Å². The van der Waals surface area contributed by atoms with Crippen LogP contribution in [0.25, 0.3) is 0 Å². The summed E-state index contributed by atoms with van der Waals surface area (Å²) in [6.07, 6.45) is 0. The molecule has 14 nitrogen and oxygen atoms in total. The average molecular weight is 1030 g/mol. The molecule has 70 heavy (non-hydrogen) atoms. The molecule has 0 radical (unpaired) electrons. The van der Waals surface area contributed by atoms with Gasteiger partial charge >= 0.3 is 0 Å². The van der Waals surface area contributed by atoms with E-state index in [4.69, 9.17) is 0 Å². The fraction of sp³-hybridized carbons (Fsp3) is 0.269. The Hall–Kier alpha value is -6.34. The topological polar surface area (TPSA) is 239 Å². The van der Waals surface area contributed by atoms with Crippen molar-refractivity contribution in [3.05, 3.63) is 114 Å². The number of Topliss-reactive ketones (excluding diaryl/α,β-unsaturated/α-hetero) is 14. The zero-order valence-corrected chi connectivity index (χ0v) is 44.1. The lowest BCUT2D eigenvalue weighted by Crippen LogP contribution is -2.16. The number of carbonyl (C=O) groups excluding carboxylic acids is 14. The van der Waals surface area contributed by atoms with Crippen molar-refractivity contribution in [2.45, 2.75) is 117 Å². The van der Waals surface area contributed by atoms with E-state index in [0.29, 0.717) is 9.79 Å². The smallest absolute Gasteiger partial charge is 0.161 e. The first-order chi connectivity index (χ1) is 32.4. The van der Waals surface area contributed by atoms with Crippen LogP contribution in [0.5, 0.6) is 0 Å². The normalized spacial score (nSPS) is 10.6. The SMILES string of the molecule is CC(=O)c1cc(C(C)=O)c(C(C)=O)c(SSc2c(C(C)=O)c(C(C)=O)cc(C(C)=O)c2C(C)=O)c1C(C)=O.CC(=O)c1cc(C(C)=O)c(SSc2c(C(C)=O)cc(C(C)=O)cc2C(C)=O)c(C(C)=O)c1. The van der Waals surface area contributed by atoms with Crippen LogP contribution in [0.3, 0.4) is 0 Å². The van der Waals surface area contributed by atoms with Gasteiger partial charge in [-0.2, -0.15) is 0 Å². The molecule has 4 aromatic carbocycles. The fourth-order valence-corrected chi connectivity index (χ4v) is 13.0. The van der Waals surface area contributed by atoms with Gasteiger partial charge < -0.3 is 0 Å². The van der Waals surface area contributed by atoms with E-state index < -0.39 is 46.3 Å². The third-order valence-electron chi connectivity index (χ3n) is 10.4. The fourth-order valence-electron chi connectivity index (χ4n) is 7.05. The molecule has 0 fully saturated rings. The number of rotatable bonds is 20. The minimum absolute atomic E-state index is 0.00880. The molecule has 4 aromatic rings. The zero-order valence-electron chi connectivity index (χ0n) is 40.8. The van der Waals surface area contributed by atoms with Crippen LogP contribution >= 0.6 is 43.2 Å². The first-order valence-electron chi connectivity index (χ1n) is 21.0. The van der Waals surface area contributed by atoms with Crippen molar-refractivity contribution in [1.82, 2.24) is 0 Å². The lowest BCUT2D eigenvalue weighted by molar-refractivity contribution is 0.0965. The van der Waals surface area contributed by atoms with Crippen LogP contribution in [0.1, 0.15) is 242 Å². The molecule has 0 N–H and O–H groups in total. The van der Waals surface area contributed by atoms with Crippen LogP contribution in [0.2, 0.25) is 0 Å². The second-order valence-electron chi connectivity index (χ2n) is 16.0. The van der Waals surface area contributed by atoms with Crippen LogP contribution in [0.15, 0.2) is 56.0 Å². The number of hydrogen-bond acceptors (Lipinski definition) is 18. The molecule has 0 atom stereocenters. The standard InChI is InChI=1S/C28H26O8S2.C24H22O6S2/c1-11(29)19-9-20(12(2)30)24(16(6)34)27(23(19)15(5)33)37-38-28-25(17(7)35)21(13(3)31)10-22(14(4)32)26(28)18(8)36;1-11(25)17-7-19(13(3)27)23(20(8-17)14(4)28)31-32-24-21(15(5)29)9-18(12(2)26)10-22(24)16(6)30/h9-10H,1-8H3;7-10H,1-6H3. The molecule has 0 aliphatic rings. The third-order valence-corrected chi connectivity index (χ3v) is 15.4. The van der Waals surface area contributed by atoms with Gasteiger partial charge in [0.1, 0.15) is 0 Å². The predicted molar refractivity (Wildman–Crippen MR) is 269 cm³/mol. The Kier molecular flexibility index (Phi) is 19.9. The van der Waals surface area contributed by atoms with Crippen molar-refractivity contribution < 1.29 is 67.1 Å². The highest BCUT2D eigenvalue weighted by molar-refractivity contribution is 8.77. The summed E-state index contributed by atoms with van der Waals surface area (Å²) < 4.78 is 0. The molecule has 0 aliphatic carbocycles. The number of ketones is 14. The number of carbonyl (C=O) groups is 14. The molecule has 0 spiro atoms. The van der Waals surface area contributed by atoms with Crippen molar-refractivity contribution in [1.29, 1.82) is 0 Å². The summed E-state index contributed by atoms with van der Waals surface area (Å²) in [6, 6.07) is 8.21. The first kappa shape index (κ1) is 58.0. The number of benzene rings is 4. The second-order valence-corrected chi connectivity index (χ2v) is 20.3. The summed E-state index contributed by atoms with van der Waals surface area (Å²) in [5.41, 5.74) is 0.709. The molecule has 4 rings (SSSR count). The first-order valence-corrected chi connectivity index (χ1v) is 25.3. The van der Waals surface area contributed by atoms with Crippen molar-refractivity contribution in [3.63, 3.8) is 0 Å². The lowest BCUT2D eigenvalue weighted by atomic mass is 9.91. The van der Waals surface area contributed by atoms with Gasteiger partial charge in [0, 0.05) is 97.5 Å². The molecule has 0 heterocycles. The minimum Gasteiger partial charge on any atom is -0.295 e. The van der Waals surface area contributed by atoms with E-state index in [1.807, 2.05) is 0 Å². The van der Waals surface area contributed by atoms with Crippen LogP contribution in [0, 0.1) is 0 Å². The van der Waals surface area contributed by atoms with Crippen LogP contribution < -0.4 is 0 Å². The molecule has 0 saturated carbocycles. The Morgan fingerprint density at radius 1 is 0.214 bits per heavy atom. The summed E-state index contributed by atoms with van der Waals surface area (Å²) in [5.74, 6) is -6.09. The van der Waals surface area contributed by atoms with Crippen molar-refractivity contribution >= 4 is 124 Å². The van der Waals surface area contributed by atoms with Gasteiger partial charge in [-0.1, -0.05) is 43.2 Å². The molecule has 0 amide bonds. The Morgan fingerprint density at radius 3 is 0.529 bits per heavy atom. The zero-order chi connectivity index (χ0) is 53.5. The summed E-state index contributed by atoms with van der Waals surface area (Å²) >= 11 is 0. The van der Waals surface area contributed by atoms with E-state index in [0.717, 1.165) is 43.2 Å². The second kappa shape index (κ2) is 24.0. The largest absolute Gasteiger partial charge is 0.295 e. The van der Waals surface area contributed by atoms with Gasteiger partial charge in [0.25, 0.3) is 0 Å². The summed E-state index contributed by atoms with van der Waals surface area (Å²) in [4.78, 5) is 174. The quantitative estimate of drug-likeness (QED) is 0.0590. The Labute approximate surface area is 419 Å².